The summed E-state index contributed by atoms with van der Waals surface area (Å²) in [7, 11) is 1.76. The maximum atomic E-state index is 13.8. The molecule has 9 heteroatoms. The standard InChI is InChI=1S/C24H25F2N5O2/c1-14-10-15(2)31(29-14)23-27-19(12-17-8-9-30(4)22(17)33)13-20(28-23)21(32)16-6-5-7-18(11-16)24(3,25)26/h5-7,10-11,13,17H,8-9,12H2,1-4H3. The first kappa shape index (κ1) is 22.7. The van der Waals surface area contributed by atoms with Gasteiger partial charge >= 0.3 is 0 Å². The molecule has 0 saturated carbocycles. The quantitative estimate of drug-likeness (QED) is 0.533. The Morgan fingerprint density at radius 2 is 1.94 bits per heavy atom. The van der Waals surface area contributed by atoms with E-state index in [2.05, 4.69) is 15.1 Å². The minimum atomic E-state index is -3.07. The van der Waals surface area contributed by atoms with Crippen LogP contribution in [0.1, 0.15) is 52.0 Å². The van der Waals surface area contributed by atoms with Gasteiger partial charge in [0.2, 0.25) is 11.7 Å². The summed E-state index contributed by atoms with van der Waals surface area (Å²) in [5.74, 6) is -3.56. The summed E-state index contributed by atoms with van der Waals surface area (Å²) >= 11 is 0. The highest BCUT2D eigenvalue weighted by Gasteiger charge is 2.30. The molecule has 1 aliphatic heterocycles. The summed E-state index contributed by atoms with van der Waals surface area (Å²) in [4.78, 5) is 36.4. The second kappa shape index (κ2) is 8.46. The lowest BCUT2D eigenvalue weighted by Crippen LogP contribution is -2.24. The van der Waals surface area contributed by atoms with Gasteiger partial charge in [0.15, 0.2) is 0 Å². The smallest absolute Gasteiger partial charge is 0.270 e. The molecule has 0 bridgehead atoms. The fraction of sp³-hybridized carbons (Fsp3) is 0.375. The van der Waals surface area contributed by atoms with Gasteiger partial charge in [0, 0.05) is 55.4 Å². The summed E-state index contributed by atoms with van der Waals surface area (Å²) in [5.41, 5.74) is 2.00. The molecule has 1 amide bonds. The van der Waals surface area contributed by atoms with Crippen LogP contribution in [-0.2, 0) is 17.1 Å². The van der Waals surface area contributed by atoms with Crippen molar-refractivity contribution in [3.05, 3.63) is 70.3 Å². The number of alkyl halides is 2. The average molecular weight is 453 g/mol. The van der Waals surface area contributed by atoms with Gasteiger partial charge in [0.1, 0.15) is 5.69 Å². The Bertz CT molecular complexity index is 1230. The summed E-state index contributed by atoms with van der Waals surface area (Å²) < 4.78 is 29.2. The Morgan fingerprint density at radius 1 is 1.18 bits per heavy atom. The van der Waals surface area contributed by atoms with Crippen LogP contribution in [0.2, 0.25) is 0 Å². The Hall–Kier alpha value is -3.49. The molecule has 0 spiro atoms. The first-order chi connectivity index (χ1) is 15.5. The molecule has 1 aliphatic rings. The second-order valence-electron chi connectivity index (χ2n) is 8.63. The molecule has 4 rings (SSSR count). The molecule has 1 unspecified atom stereocenters. The normalized spacial score (nSPS) is 16.5. The van der Waals surface area contributed by atoms with Crippen molar-refractivity contribution in [2.24, 2.45) is 5.92 Å². The van der Waals surface area contributed by atoms with Gasteiger partial charge in [-0.25, -0.2) is 23.4 Å². The van der Waals surface area contributed by atoms with Gasteiger partial charge in [-0.1, -0.05) is 18.2 Å². The molecule has 1 aromatic carbocycles. The van der Waals surface area contributed by atoms with E-state index in [4.69, 9.17) is 0 Å². The minimum Gasteiger partial charge on any atom is -0.345 e. The number of ketones is 1. The number of likely N-dealkylation sites (tertiary alicyclic amines) is 1. The molecular formula is C24H25F2N5O2. The molecule has 0 radical (unpaired) electrons. The van der Waals surface area contributed by atoms with Crippen LogP contribution in [-0.4, -0.2) is 49.9 Å². The van der Waals surface area contributed by atoms with Crippen LogP contribution in [0.5, 0.6) is 0 Å². The number of benzene rings is 1. The summed E-state index contributed by atoms with van der Waals surface area (Å²) in [6.07, 6.45) is 1.05. The maximum Gasteiger partial charge on any atom is 0.270 e. The van der Waals surface area contributed by atoms with Crippen LogP contribution in [0.4, 0.5) is 8.78 Å². The number of aromatic nitrogens is 4. The van der Waals surface area contributed by atoms with E-state index in [9.17, 15) is 18.4 Å². The zero-order chi connectivity index (χ0) is 23.9. The molecule has 2 aromatic heterocycles. The van der Waals surface area contributed by atoms with E-state index < -0.39 is 11.7 Å². The maximum absolute atomic E-state index is 13.8. The molecule has 1 saturated heterocycles. The van der Waals surface area contributed by atoms with E-state index in [0.717, 1.165) is 18.3 Å². The van der Waals surface area contributed by atoms with E-state index in [-0.39, 0.29) is 34.6 Å². The van der Waals surface area contributed by atoms with Crippen LogP contribution >= 0.6 is 0 Å². The Kier molecular flexibility index (Phi) is 5.82. The van der Waals surface area contributed by atoms with Crippen molar-refractivity contribution in [1.82, 2.24) is 24.6 Å². The van der Waals surface area contributed by atoms with Crippen molar-refractivity contribution >= 4 is 11.7 Å². The summed E-state index contributed by atoms with van der Waals surface area (Å²) in [5, 5.41) is 4.41. The number of hydrogen-bond acceptors (Lipinski definition) is 5. The van der Waals surface area contributed by atoms with Crippen molar-refractivity contribution in [2.75, 3.05) is 13.6 Å². The number of aryl methyl sites for hydroxylation is 2. The predicted octanol–water partition coefficient (Wildman–Crippen LogP) is 3.64. The molecule has 3 heterocycles. The summed E-state index contributed by atoms with van der Waals surface area (Å²) in [6, 6.07) is 8.78. The third-order valence-electron chi connectivity index (χ3n) is 5.82. The highest BCUT2D eigenvalue weighted by molar-refractivity contribution is 6.08. The number of rotatable bonds is 6. The molecule has 0 aliphatic carbocycles. The van der Waals surface area contributed by atoms with Crippen molar-refractivity contribution in [1.29, 1.82) is 0 Å². The van der Waals surface area contributed by atoms with E-state index >= 15 is 0 Å². The summed E-state index contributed by atoms with van der Waals surface area (Å²) in [6.45, 7) is 5.14. The van der Waals surface area contributed by atoms with E-state index in [1.54, 1.807) is 18.0 Å². The van der Waals surface area contributed by atoms with Crippen LogP contribution in [0.25, 0.3) is 5.95 Å². The van der Waals surface area contributed by atoms with Gasteiger partial charge in [0.25, 0.3) is 11.9 Å². The lowest BCUT2D eigenvalue weighted by atomic mass is 9.99. The van der Waals surface area contributed by atoms with Gasteiger partial charge in [-0.3, -0.25) is 9.59 Å². The topological polar surface area (TPSA) is 81.0 Å². The first-order valence-corrected chi connectivity index (χ1v) is 10.7. The number of carbonyl (C=O) groups excluding carboxylic acids is 2. The van der Waals surface area contributed by atoms with Gasteiger partial charge in [0.05, 0.1) is 5.69 Å². The fourth-order valence-electron chi connectivity index (χ4n) is 4.05. The van der Waals surface area contributed by atoms with Gasteiger partial charge in [-0.2, -0.15) is 5.10 Å². The monoisotopic (exact) mass is 453 g/mol. The number of carbonyl (C=O) groups is 2. The van der Waals surface area contributed by atoms with E-state index in [1.165, 1.54) is 28.9 Å². The lowest BCUT2D eigenvalue weighted by molar-refractivity contribution is -0.129. The van der Waals surface area contributed by atoms with E-state index in [1.807, 2.05) is 19.9 Å². The Labute approximate surface area is 190 Å². The Balaban J connectivity index is 1.77. The van der Waals surface area contributed by atoms with Crippen molar-refractivity contribution < 1.29 is 18.4 Å². The highest BCUT2D eigenvalue weighted by Crippen LogP contribution is 2.28. The number of nitrogens with zero attached hydrogens (tertiary/aromatic N) is 5. The van der Waals surface area contributed by atoms with Crippen molar-refractivity contribution in [3.8, 4) is 5.95 Å². The zero-order valence-electron chi connectivity index (χ0n) is 19.0. The number of hydrogen-bond donors (Lipinski definition) is 0. The van der Waals surface area contributed by atoms with Crippen molar-refractivity contribution in [2.45, 2.75) is 39.5 Å². The molecule has 172 valence electrons. The van der Waals surface area contributed by atoms with Crippen LogP contribution < -0.4 is 0 Å². The minimum absolute atomic E-state index is 0.0343. The van der Waals surface area contributed by atoms with Crippen LogP contribution in [0, 0.1) is 19.8 Å². The van der Waals surface area contributed by atoms with Gasteiger partial charge in [-0.05, 0) is 38.5 Å². The molecule has 1 atom stereocenters. The second-order valence-corrected chi connectivity index (χ2v) is 8.63. The number of halogens is 2. The van der Waals surface area contributed by atoms with Crippen LogP contribution in [0.3, 0.4) is 0 Å². The Morgan fingerprint density at radius 3 is 2.55 bits per heavy atom. The fourth-order valence-corrected chi connectivity index (χ4v) is 4.05. The molecule has 7 nitrogen and oxygen atoms in total. The van der Waals surface area contributed by atoms with Crippen molar-refractivity contribution in [3.63, 3.8) is 0 Å². The molecule has 1 fully saturated rings. The SMILES string of the molecule is Cc1cc(C)n(-c2nc(CC3CCN(C)C3=O)cc(C(=O)c3cccc(C(C)(F)F)c3)n2)n1. The molecular weight excluding hydrogens is 428 g/mol. The lowest BCUT2D eigenvalue weighted by Gasteiger charge is -2.13. The highest BCUT2D eigenvalue weighted by atomic mass is 19.3. The average Bonchev–Trinajstić information content (AvgIpc) is 3.27. The zero-order valence-corrected chi connectivity index (χ0v) is 19.0. The van der Waals surface area contributed by atoms with Gasteiger partial charge in [-0.15, -0.1) is 0 Å². The third kappa shape index (κ3) is 4.67. The number of amides is 1. The molecule has 33 heavy (non-hydrogen) atoms. The third-order valence-corrected chi connectivity index (χ3v) is 5.82. The van der Waals surface area contributed by atoms with Gasteiger partial charge < -0.3 is 4.90 Å². The predicted molar refractivity (Wildman–Crippen MR) is 118 cm³/mol. The molecule has 3 aromatic rings. The van der Waals surface area contributed by atoms with E-state index in [0.29, 0.717) is 25.1 Å². The van der Waals surface area contributed by atoms with Crippen LogP contribution in [0.15, 0.2) is 36.4 Å². The molecule has 0 N–H and O–H groups in total. The largest absolute Gasteiger partial charge is 0.345 e. The first-order valence-electron chi connectivity index (χ1n) is 10.7.